The van der Waals surface area contributed by atoms with E-state index < -0.39 is 0 Å². The summed E-state index contributed by atoms with van der Waals surface area (Å²) in [5, 5.41) is 5.63. The second-order valence-electron chi connectivity index (χ2n) is 3.66. The molecule has 0 spiro atoms. The second kappa shape index (κ2) is 8.18. The number of benzene rings is 1. The molecule has 0 fully saturated rings. The molecular weight excluding hydrogens is 303 g/mol. The van der Waals surface area contributed by atoms with Gasteiger partial charge in [-0.25, -0.2) is 4.39 Å². The lowest BCUT2D eigenvalue weighted by Crippen LogP contribution is -2.35. The van der Waals surface area contributed by atoms with E-state index in [4.69, 9.17) is 4.74 Å². The van der Waals surface area contributed by atoms with E-state index in [-0.39, 0.29) is 18.3 Å². The van der Waals surface area contributed by atoms with Crippen LogP contribution in [0.5, 0.6) is 0 Å². The van der Waals surface area contributed by atoms with Crippen molar-refractivity contribution < 1.29 is 13.9 Å². The van der Waals surface area contributed by atoms with E-state index in [1.807, 2.05) is 0 Å². The lowest BCUT2D eigenvalue weighted by atomic mass is 10.2. The standard InChI is InChI=1S/C12H16BrFN2O2/c1-18-6-5-16-11(17)8-15-7-9-3-2-4-10(14)12(9)13/h2-4,15H,5-8H2,1H3,(H,16,17). The maximum absolute atomic E-state index is 13.2. The highest BCUT2D eigenvalue weighted by molar-refractivity contribution is 9.10. The van der Waals surface area contributed by atoms with Crippen LogP contribution in [0.15, 0.2) is 22.7 Å². The molecule has 0 aromatic heterocycles. The second-order valence-corrected chi connectivity index (χ2v) is 4.45. The van der Waals surface area contributed by atoms with Crippen molar-refractivity contribution in [3.05, 3.63) is 34.1 Å². The Balaban J connectivity index is 2.29. The molecule has 1 amide bonds. The Morgan fingerprint density at radius 3 is 3.00 bits per heavy atom. The molecule has 0 saturated carbocycles. The molecule has 0 heterocycles. The van der Waals surface area contributed by atoms with Crippen molar-refractivity contribution in [2.45, 2.75) is 6.54 Å². The third-order valence-electron chi connectivity index (χ3n) is 2.26. The van der Waals surface area contributed by atoms with Crippen molar-refractivity contribution in [3.63, 3.8) is 0 Å². The number of hydrogen-bond donors (Lipinski definition) is 2. The smallest absolute Gasteiger partial charge is 0.234 e. The number of nitrogens with one attached hydrogen (secondary N) is 2. The van der Waals surface area contributed by atoms with Gasteiger partial charge in [0, 0.05) is 20.2 Å². The van der Waals surface area contributed by atoms with Crippen LogP contribution in [-0.2, 0) is 16.1 Å². The van der Waals surface area contributed by atoms with Crippen LogP contribution in [0.4, 0.5) is 4.39 Å². The lowest BCUT2D eigenvalue weighted by molar-refractivity contribution is -0.120. The highest BCUT2D eigenvalue weighted by atomic mass is 79.9. The summed E-state index contributed by atoms with van der Waals surface area (Å²) in [5.41, 5.74) is 0.777. The fraction of sp³-hybridized carbons (Fsp3) is 0.417. The fourth-order valence-corrected chi connectivity index (χ4v) is 1.76. The van der Waals surface area contributed by atoms with Gasteiger partial charge >= 0.3 is 0 Å². The summed E-state index contributed by atoms with van der Waals surface area (Å²) >= 11 is 3.17. The third-order valence-corrected chi connectivity index (χ3v) is 3.15. The molecule has 4 nitrogen and oxygen atoms in total. The quantitative estimate of drug-likeness (QED) is 0.748. The van der Waals surface area contributed by atoms with Gasteiger partial charge in [0.25, 0.3) is 0 Å². The molecule has 0 saturated heterocycles. The Labute approximate surface area is 114 Å². The van der Waals surface area contributed by atoms with Gasteiger partial charge in [-0.1, -0.05) is 12.1 Å². The Hall–Kier alpha value is -0.980. The van der Waals surface area contributed by atoms with E-state index in [2.05, 4.69) is 26.6 Å². The van der Waals surface area contributed by atoms with Crippen LogP contribution in [0.25, 0.3) is 0 Å². The van der Waals surface area contributed by atoms with Crippen LogP contribution in [0.1, 0.15) is 5.56 Å². The van der Waals surface area contributed by atoms with Crippen LogP contribution < -0.4 is 10.6 Å². The van der Waals surface area contributed by atoms with Crippen molar-refractivity contribution in [1.29, 1.82) is 0 Å². The van der Waals surface area contributed by atoms with E-state index in [0.29, 0.717) is 24.2 Å². The molecule has 0 atom stereocenters. The Morgan fingerprint density at radius 2 is 2.28 bits per heavy atom. The summed E-state index contributed by atoms with van der Waals surface area (Å²) < 4.78 is 18.4. The van der Waals surface area contributed by atoms with Crippen molar-refractivity contribution >= 4 is 21.8 Å². The summed E-state index contributed by atoms with van der Waals surface area (Å²) in [4.78, 5) is 11.3. The van der Waals surface area contributed by atoms with Gasteiger partial charge in [0.15, 0.2) is 0 Å². The molecule has 2 N–H and O–H groups in total. The number of ether oxygens (including phenoxy) is 1. The van der Waals surface area contributed by atoms with Gasteiger partial charge in [-0.05, 0) is 27.6 Å². The van der Waals surface area contributed by atoms with Crippen molar-refractivity contribution in [1.82, 2.24) is 10.6 Å². The van der Waals surface area contributed by atoms with Crippen molar-refractivity contribution in [2.24, 2.45) is 0 Å². The molecule has 0 aliphatic rings. The van der Waals surface area contributed by atoms with Crippen LogP contribution in [0.2, 0.25) is 0 Å². The number of carbonyl (C=O) groups is 1. The minimum Gasteiger partial charge on any atom is -0.383 e. The molecule has 0 bridgehead atoms. The van der Waals surface area contributed by atoms with E-state index in [1.165, 1.54) is 6.07 Å². The maximum atomic E-state index is 13.2. The van der Waals surface area contributed by atoms with Gasteiger partial charge in [-0.15, -0.1) is 0 Å². The molecule has 0 unspecified atom stereocenters. The predicted molar refractivity (Wildman–Crippen MR) is 70.7 cm³/mol. The first-order chi connectivity index (χ1) is 8.65. The first-order valence-corrected chi connectivity index (χ1v) is 6.33. The topological polar surface area (TPSA) is 50.4 Å². The molecule has 0 radical (unpaired) electrons. The number of hydrogen-bond acceptors (Lipinski definition) is 3. The van der Waals surface area contributed by atoms with Crippen LogP contribution in [-0.4, -0.2) is 32.7 Å². The monoisotopic (exact) mass is 318 g/mol. The Morgan fingerprint density at radius 1 is 1.50 bits per heavy atom. The lowest BCUT2D eigenvalue weighted by Gasteiger charge is -2.08. The number of amides is 1. The van der Waals surface area contributed by atoms with Crippen molar-refractivity contribution in [2.75, 3.05) is 26.8 Å². The molecule has 1 aromatic rings. The number of carbonyl (C=O) groups excluding carboxylic acids is 1. The van der Waals surface area contributed by atoms with Gasteiger partial charge in [-0.3, -0.25) is 4.79 Å². The molecule has 1 aromatic carbocycles. The normalized spacial score (nSPS) is 10.4. The average Bonchev–Trinajstić information content (AvgIpc) is 2.35. The highest BCUT2D eigenvalue weighted by Gasteiger charge is 2.05. The summed E-state index contributed by atoms with van der Waals surface area (Å²) in [5.74, 6) is -0.418. The fourth-order valence-electron chi connectivity index (χ4n) is 1.35. The Bertz CT molecular complexity index is 402. The summed E-state index contributed by atoms with van der Waals surface area (Å²) in [6.07, 6.45) is 0. The molecule has 100 valence electrons. The summed E-state index contributed by atoms with van der Waals surface area (Å²) in [6.45, 7) is 1.59. The van der Waals surface area contributed by atoms with Crippen LogP contribution in [0, 0.1) is 5.82 Å². The zero-order chi connectivity index (χ0) is 13.4. The van der Waals surface area contributed by atoms with Crippen molar-refractivity contribution in [3.8, 4) is 0 Å². The highest BCUT2D eigenvalue weighted by Crippen LogP contribution is 2.19. The van der Waals surface area contributed by atoms with E-state index in [1.54, 1.807) is 19.2 Å². The van der Waals surface area contributed by atoms with Crippen LogP contribution >= 0.6 is 15.9 Å². The zero-order valence-electron chi connectivity index (χ0n) is 10.1. The predicted octanol–water partition coefficient (Wildman–Crippen LogP) is 1.44. The molecular formula is C12H16BrFN2O2. The first kappa shape index (κ1) is 15.1. The summed E-state index contributed by atoms with van der Waals surface area (Å²) in [6, 6.07) is 4.81. The molecule has 0 aliphatic heterocycles. The van der Waals surface area contributed by atoms with E-state index >= 15 is 0 Å². The summed E-state index contributed by atoms with van der Waals surface area (Å²) in [7, 11) is 1.58. The number of rotatable bonds is 7. The largest absolute Gasteiger partial charge is 0.383 e. The zero-order valence-corrected chi connectivity index (χ0v) is 11.7. The first-order valence-electron chi connectivity index (χ1n) is 5.54. The molecule has 18 heavy (non-hydrogen) atoms. The Kier molecular flexibility index (Phi) is 6.85. The molecule has 1 rings (SSSR count). The van der Waals surface area contributed by atoms with Gasteiger partial charge in [0.1, 0.15) is 5.82 Å². The van der Waals surface area contributed by atoms with E-state index in [9.17, 15) is 9.18 Å². The molecule has 6 heteroatoms. The molecule has 0 aliphatic carbocycles. The van der Waals surface area contributed by atoms with E-state index in [0.717, 1.165) is 5.56 Å². The SMILES string of the molecule is COCCNC(=O)CNCc1cccc(F)c1Br. The average molecular weight is 319 g/mol. The van der Waals surface area contributed by atoms with Gasteiger partial charge in [0.05, 0.1) is 17.6 Å². The van der Waals surface area contributed by atoms with Gasteiger partial charge < -0.3 is 15.4 Å². The maximum Gasteiger partial charge on any atom is 0.234 e. The van der Waals surface area contributed by atoms with Gasteiger partial charge in [-0.2, -0.15) is 0 Å². The number of halogens is 2. The van der Waals surface area contributed by atoms with Crippen LogP contribution in [0.3, 0.4) is 0 Å². The number of methoxy groups -OCH3 is 1. The van der Waals surface area contributed by atoms with Gasteiger partial charge in [0.2, 0.25) is 5.91 Å². The minimum atomic E-state index is -0.307. The minimum absolute atomic E-state index is 0.112. The third kappa shape index (κ3) is 5.12.